The predicted molar refractivity (Wildman–Crippen MR) is 63.1 cm³/mol. The normalized spacial score (nSPS) is 23.5. The number of amides is 2. The number of urea groups is 1. The molecule has 3 N–H and O–H groups in total. The Morgan fingerprint density at radius 3 is 2.50 bits per heavy atom. The Kier molecular flexibility index (Phi) is 4.92. The van der Waals surface area contributed by atoms with E-state index in [1.54, 1.807) is 13.8 Å². The van der Waals surface area contributed by atoms with E-state index in [0.29, 0.717) is 0 Å². The molecule has 1 fully saturated rings. The highest BCUT2D eigenvalue weighted by molar-refractivity contribution is 5.83. The second-order valence-corrected chi connectivity index (χ2v) is 4.69. The summed E-state index contributed by atoms with van der Waals surface area (Å²) < 4.78 is 0. The van der Waals surface area contributed by atoms with Gasteiger partial charge in [-0.05, 0) is 13.8 Å². The maximum absolute atomic E-state index is 12.2. The molecule has 0 aromatic rings. The second kappa shape index (κ2) is 6.01. The SMILES string of the molecule is CC(C)N(CCO)C(=O)N1CC(O)C[C@H]1C(=O)O. The Morgan fingerprint density at radius 1 is 1.44 bits per heavy atom. The number of carboxylic acids is 1. The van der Waals surface area contributed by atoms with Crippen LogP contribution in [-0.2, 0) is 4.79 Å². The lowest BCUT2D eigenvalue weighted by Crippen LogP contribution is -2.51. The van der Waals surface area contributed by atoms with E-state index in [9.17, 15) is 14.7 Å². The van der Waals surface area contributed by atoms with E-state index in [1.807, 2.05) is 0 Å². The summed E-state index contributed by atoms with van der Waals surface area (Å²) in [6.07, 6.45) is -0.759. The van der Waals surface area contributed by atoms with E-state index in [4.69, 9.17) is 10.2 Å². The van der Waals surface area contributed by atoms with Gasteiger partial charge in [-0.1, -0.05) is 0 Å². The van der Waals surface area contributed by atoms with Crippen LogP contribution in [0, 0.1) is 0 Å². The van der Waals surface area contributed by atoms with Crippen molar-refractivity contribution in [1.29, 1.82) is 0 Å². The molecule has 1 saturated heterocycles. The van der Waals surface area contributed by atoms with Crippen molar-refractivity contribution in [3.8, 4) is 0 Å². The van der Waals surface area contributed by atoms with E-state index >= 15 is 0 Å². The van der Waals surface area contributed by atoms with E-state index in [-0.39, 0.29) is 32.2 Å². The summed E-state index contributed by atoms with van der Waals surface area (Å²) in [5.74, 6) is -1.12. The number of carbonyl (C=O) groups is 2. The molecule has 1 aliphatic heterocycles. The van der Waals surface area contributed by atoms with Crippen LogP contribution in [-0.4, -0.2) is 75.0 Å². The van der Waals surface area contributed by atoms with E-state index < -0.39 is 24.1 Å². The van der Waals surface area contributed by atoms with Crippen molar-refractivity contribution in [2.75, 3.05) is 19.7 Å². The topological polar surface area (TPSA) is 101 Å². The highest BCUT2D eigenvalue weighted by Crippen LogP contribution is 2.20. The number of hydrogen-bond acceptors (Lipinski definition) is 4. The number of likely N-dealkylation sites (tertiary alicyclic amines) is 1. The van der Waals surface area contributed by atoms with Gasteiger partial charge in [0.15, 0.2) is 0 Å². The lowest BCUT2D eigenvalue weighted by molar-refractivity contribution is -0.141. The summed E-state index contributed by atoms with van der Waals surface area (Å²) in [7, 11) is 0. The highest BCUT2D eigenvalue weighted by Gasteiger charge is 2.40. The average Bonchev–Trinajstić information content (AvgIpc) is 2.67. The summed E-state index contributed by atoms with van der Waals surface area (Å²) in [4.78, 5) is 25.8. The van der Waals surface area contributed by atoms with Gasteiger partial charge in [0, 0.05) is 25.6 Å². The van der Waals surface area contributed by atoms with Crippen LogP contribution < -0.4 is 0 Å². The molecule has 7 heteroatoms. The van der Waals surface area contributed by atoms with Crippen LogP contribution >= 0.6 is 0 Å². The predicted octanol–water partition coefficient (Wildman–Crippen LogP) is -0.671. The van der Waals surface area contributed by atoms with Crippen molar-refractivity contribution >= 4 is 12.0 Å². The first-order valence-corrected chi connectivity index (χ1v) is 5.97. The lowest BCUT2D eigenvalue weighted by Gasteiger charge is -2.32. The minimum atomic E-state index is -1.12. The molecule has 0 saturated carbocycles. The number of hydrogen-bond donors (Lipinski definition) is 3. The molecule has 2 atom stereocenters. The lowest BCUT2D eigenvalue weighted by atomic mass is 10.2. The van der Waals surface area contributed by atoms with Gasteiger partial charge in [0.1, 0.15) is 6.04 Å². The molecular weight excluding hydrogens is 240 g/mol. The summed E-state index contributed by atoms with van der Waals surface area (Å²) in [5.41, 5.74) is 0. The molecule has 0 bridgehead atoms. The fourth-order valence-corrected chi connectivity index (χ4v) is 2.11. The molecule has 1 unspecified atom stereocenters. The Labute approximate surface area is 106 Å². The van der Waals surface area contributed by atoms with Crippen LogP contribution in [0.4, 0.5) is 4.79 Å². The van der Waals surface area contributed by atoms with Crippen molar-refractivity contribution in [2.45, 2.75) is 38.5 Å². The standard InChI is InChI=1S/C11H20N2O5/c1-7(2)12(3-4-14)11(18)13-6-8(15)5-9(13)10(16)17/h7-9,14-15H,3-6H2,1-2H3,(H,16,17)/t8?,9-/m0/s1. The molecule has 2 amide bonds. The smallest absolute Gasteiger partial charge is 0.326 e. The summed E-state index contributed by atoms with van der Waals surface area (Å²) in [6, 6.07) is -1.59. The first-order valence-electron chi connectivity index (χ1n) is 5.97. The minimum Gasteiger partial charge on any atom is -0.480 e. The monoisotopic (exact) mass is 260 g/mol. The highest BCUT2D eigenvalue weighted by atomic mass is 16.4. The zero-order valence-corrected chi connectivity index (χ0v) is 10.6. The van der Waals surface area contributed by atoms with Crippen LogP contribution in [0.15, 0.2) is 0 Å². The van der Waals surface area contributed by atoms with Gasteiger partial charge < -0.3 is 25.1 Å². The van der Waals surface area contributed by atoms with Crippen LogP contribution in [0.3, 0.4) is 0 Å². The third kappa shape index (κ3) is 3.11. The Hall–Kier alpha value is -1.34. The minimum absolute atomic E-state index is 0.0183. The van der Waals surface area contributed by atoms with Gasteiger partial charge in [-0.2, -0.15) is 0 Å². The molecule has 0 radical (unpaired) electrons. The molecule has 0 aromatic carbocycles. The van der Waals surface area contributed by atoms with Crippen molar-refractivity contribution in [3.63, 3.8) is 0 Å². The van der Waals surface area contributed by atoms with E-state index in [0.717, 1.165) is 4.90 Å². The fourth-order valence-electron chi connectivity index (χ4n) is 2.11. The second-order valence-electron chi connectivity index (χ2n) is 4.69. The first-order chi connectivity index (χ1) is 8.38. The molecule has 1 heterocycles. The maximum Gasteiger partial charge on any atom is 0.326 e. The first kappa shape index (κ1) is 14.7. The van der Waals surface area contributed by atoms with E-state index in [1.165, 1.54) is 4.90 Å². The van der Waals surface area contributed by atoms with Gasteiger partial charge in [0.05, 0.1) is 12.7 Å². The van der Waals surface area contributed by atoms with Gasteiger partial charge in [0.25, 0.3) is 0 Å². The van der Waals surface area contributed by atoms with E-state index in [2.05, 4.69) is 0 Å². The summed E-state index contributed by atoms with van der Waals surface area (Å²) >= 11 is 0. The number of aliphatic carboxylic acids is 1. The summed E-state index contributed by atoms with van der Waals surface area (Å²) in [5, 5.41) is 27.4. The molecule has 0 spiro atoms. The number of nitrogens with zero attached hydrogens (tertiary/aromatic N) is 2. The van der Waals surface area contributed by atoms with Crippen LogP contribution in [0.2, 0.25) is 0 Å². The fraction of sp³-hybridized carbons (Fsp3) is 0.818. The van der Waals surface area contributed by atoms with Gasteiger partial charge >= 0.3 is 12.0 Å². The van der Waals surface area contributed by atoms with Crippen molar-refractivity contribution in [3.05, 3.63) is 0 Å². The van der Waals surface area contributed by atoms with Crippen molar-refractivity contribution in [2.24, 2.45) is 0 Å². The molecule has 1 rings (SSSR count). The Bertz CT molecular complexity index is 321. The molecule has 104 valence electrons. The average molecular weight is 260 g/mol. The zero-order valence-electron chi connectivity index (χ0n) is 10.6. The number of carboxylic acid groups (broad SMARTS) is 1. The van der Waals surface area contributed by atoms with Crippen LogP contribution in [0.5, 0.6) is 0 Å². The quantitative estimate of drug-likeness (QED) is 0.622. The third-order valence-corrected chi connectivity index (χ3v) is 3.02. The summed E-state index contributed by atoms with van der Waals surface area (Å²) in [6.45, 7) is 3.56. The Morgan fingerprint density at radius 2 is 2.06 bits per heavy atom. The number of carbonyl (C=O) groups excluding carboxylic acids is 1. The molecular formula is C11H20N2O5. The van der Waals surface area contributed by atoms with Crippen molar-refractivity contribution in [1.82, 2.24) is 9.80 Å². The van der Waals surface area contributed by atoms with Gasteiger partial charge in [-0.3, -0.25) is 0 Å². The zero-order chi connectivity index (χ0) is 13.9. The Balaban J connectivity index is 2.83. The number of aliphatic hydroxyl groups excluding tert-OH is 2. The maximum atomic E-state index is 12.2. The van der Waals surface area contributed by atoms with Crippen LogP contribution in [0.25, 0.3) is 0 Å². The largest absolute Gasteiger partial charge is 0.480 e. The van der Waals surface area contributed by atoms with Gasteiger partial charge in [0.2, 0.25) is 0 Å². The number of aliphatic hydroxyl groups is 2. The molecule has 7 nitrogen and oxygen atoms in total. The molecule has 0 aromatic heterocycles. The third-order valence-electron chi connectivity index (χ3n) is 3.02. The molecule has 18 heavy (non-hydrogen) atoms. The van der Waals surface area contributed by atoms with Crippen molar-refractivity contribution < 1.29 is 24.9 Å². The van der Waals surface area contributed by atoms with Crippen LogP contribution in [0.1, 0.15) is 20.3 Å². The molecule has 0 aliphatic carbocycles. The number of rotatable bonds is 4. The number of β-amino-alcohol motifs (C(OH)–C–C–N with tert-alkyl or cyclic N) is 1. The molecule has 1 aliphatic rings. The van der Waals surface area contributed by atoms with Gasteiger partial charge in [-0.15, -0.1) is 0 Å². The van der Waals surface area contributed by atoms with Gasteiger partial charge in [-0.25, -0.2) is 9.59 Å².